The summed E-state index contributed by atoms with van der Waals surface area (Å²) in [6.45, 7) is 0. The minimum atomic E-state index is -4.92. The van der Waals surface area contributed by atoms with Gasteiger partial charge in [-0.3, -0.25) is 9.78 Å². The first-order valence-corrected chi connectivity index (χ1v) is 3.49. The predicted octanol–water partition coefficient (Wildman–Crippen LogP) is 1.16. The van der Waals surface area contributed by atoms with Crippen molar-refractivity contribution in [3.63, 3.8) is 0 Å². The number of rotatable bonds is 1. The summed E-state index contributed by atoms with van der Waals surface area (Å²) in [5.74, 6) is -2.06. The molecule has 0 fully saturated rings. The van der Waals surface area contributed by atoms with Crippen LogP contribution in [0.5, 0.6) is 0 Å². The lowest BCUT2D eigenvalue weighted by Crippen LogP contribution is -2.30. The average Bonchev–Trinajstić information content (AvgIpc) is 2.07. The van der Waals surface area contributed by atoms with Crippen LogP contribution in [0.3, 0.4) is 0 Å². The second kappa shape index (κ2) is 3.52. The molecule has 0 aromatic carbocycles. The maximum Gasteiger partial charge on any atom is 0.471 e. The smallest absolute Gasteiger partial charge is 0.396 e. The summed E-state index contributed by atoms with van der Waals surface area (Å²) < 4.78 is 35.4. The van der Waals surface area contributed by atoms with Gasteiger partial charge in [-0.25, -0.2) is 0 Å². The van der Waals surface area contributed by atoms with E-state index in [2.05, 4.69) is 4.98 Å². The fourth-order valence-electron chi connectivity index (χ4n) is 0.714. The van der Waals surface area contributed by atoms with Gasteiger partial charge in [0.2, 0.25) is 0 Å². The molecule has 0 aliphatic rings. The Labute approximate surface area is 76.9 Å². The Bertz CT molecular complexity index is 350. The van der Waals surface area contributed by atoms with Crippen molar-refractivity contribution in [1.29, 1.82) is 0 Å². The Hall–Kier alpha value is -1.79. The molecular weight excluding hydrogens is 199 g/mol. The van der Waals surface area contributed by atoms with Crippen molar-refractivity contribution in [3.8, 4) is 0 Å². The zero-order valence-electron chi connectivity index (χ0n) is 6.80. The molecule has 4 nitrogen and oxygen atoms in total. The third kappa shape index (κ3) is 2.35. The highest BCUT2D eigenvalue weighted by molar-refractivity contribution is 5.97. The van der Waals surface area contributed by atoms with Gasteiger partial charge < -0.3 is 11.1 Å². The van der Waals surface area contributed by atoms with Gasteiger partial charge in [-0.2, -0.15) is 13.2 Å². The van der Waals surface area contributed by atoms with Gasteiger partial charge in [0.15, 0.2) is 0 Å². The van der Waals surface area contributed by atoms with E-state index in [1.54, 1.807) is 5.32 Å². The van der Waals surface area contributed by atoms with E-state index >= 15 is 0 Å². The van der Waals surface area contributed by atoms with Gasteiger partial charge in [-0.1, -0.05) is 0 Å². The topological polar surface area (TPSA) is 68.0 Å². The second-order valence-corrected chi connectivity index (χ2v) is 2.41. The minimum absolute atomic E-state index is 0.0231. The molecule has 0 aliphatic carbocycles. The predicted molar refractivity (Wildman–Crippen MR) is 43.3 cm³/mol. The number of alkyl halides is 3. The number of nitrogens with zero attached hydrogens (tertiary/aromatic N) is 1. The van der Waals surface area contributed by atoms with E-state index in [0.717, 1.165) is 6.20 Å². The largest absolute Gasteiger partial charge is 0.471 e. The van der Waals surface area contributed by atoms with Crippen molar-refractivity contribution >= 4 is 17.3 Å². The molecule has 0 aliphatic heterocycles. The number of aromatic nitrogens is 1. The number of carbonyl (C=O) groups excluding carboxylic acids is 1. The van der Waals surface area contributed by atoms with Gasteiger partial charge in [0, 0.05) is 6.20 Å². The maximum absolute atomic E-state index is 11.8. The van der Waals surface area contributed by atoms with Crippen LogP contribution in [-0.2, 0) is 4.79 Å². The van der Waals surface area contributed by atoms with Crippen LogP contribution in [0.1, 0.15) is 0 Å². The average molecular weight is 205 g/mol. The zero-order chi connectivity index (χ0) is 10.8. The Morgan fingerprint density at radius 2 is 2.14 bits per heavy atom. The summed E-state index contributed by atoms with van der Waals surface area (Å²) in [4.78, 5) is 14.0. The number of hydrogen-bond donors (Lipinski definition) is 2. The molecule has 0 atom stereocenters. The summed E-state index contributed by atoms with van der Waals surface area (Å²) in [7, 11) is 0. The van der Waals surface area contributed by atoms with Crippen molar-refractivity contribution in [2.45, 2.75) is 6.18 Å². The fourth-order valence-corrected chi connectivity index (χ4v) is 0.714. The van der Waals surface area contributed by atoms with E-state index in [0.29, 0.717) is 0 Å². The normalized spacial score (nSPS) is 11.1. The molecule has 0 bridgehead atoms. The maximum atomic E-state index is 11.8. The minimum Gasteiger partial charge on any atom is -0.396 e. The van der Waals surface area contributed by atoms with Crippen molar-refractivity contribution < 1.29 is 18.0 Å². The van der Waals surface area contributed by atoms with E-state index in [9.17, 15) is 18.0 Å². The summed E-state index contributed by atoms with van der Waals surface area (Å²) in [5, 5.41) is 1.62. The SMILES string of the molecule is Nc1cnccc1NC(=O)C(F)(F)F. The van der Waals surface area contributed by atoms with Crippen LogP contribution >= 0.6 is 0 Å². The highest BCUT2D eigenvalue weighted by Crippen LogP contribution is 2.21. The number of amides is 1. The van der Waals surface area contributed by atoms with E-state index in [1.807, 2.05) is 0 Å². The molecular formula is C7H6F3N3O. The van der Waals surface area contributed by atoms with E-state index in [1.165, 1.54) is 12.3 Å². The van der Waals surface area contributed by atoms with Crippen LogP contribution in [0.25, 0.3) is 0 Å². The Morgan fingerprint density at radius 3 is 2.64 bits per heavy atom. The Kier molecular flexibility index (Phi) is 2.59. The van der Waals surface area contributed by atoms with Crippen molar-refractivity contribution in [2.75, 3.05) is 11.1 Å². The standard InChI is InChI=1S/C7H6F3N3O/c8-7(9,10)6(14)13-5-1-2-12-3-4(5)11/h1-3H,11H2,(H,12,13,14). The lowest BCUT2D eigenvalue weighted by Gasteiger charge is -2.08. The van der Waals surface area contributed by atoms with Gasteiger partial charge in [-0.05, 0) is 6.07 Å². The summed E-state index contributed by atoms with van der Waals surface area (Å²) in [5.41, 5.74) is 5.14. The van der Waals surface area contributed by atoms with Crippen LogP contribution in [0.15, 0.2) is 18.5 Å². The van der Waals surface area contributed by atoms with Crippen LogP contribution < -0.4 is 11.1 Å². The molecule has 1 heterocycles. The van der Waals surface area contributed by atoms with Crippen LogP contribution in [0.4, 0.5) is 24.5 Å². The van der Waals surface area contributed by atoms with Crippen molar-refractivity contribution in [1.82, 2.24) is 4.98 Å². The molecule has 3 N–H and O–H groups in total. The molecule has 7 heteroatoms. The van der Waals surface area contributed by atoms with Gasteiger partial charge in [0.05, 0.1) is 17.6 Å². The molecule has 1 aromatic rings. The highest BCUT2D eigenvalue weighted by atomic mass is 19.4. The molecule has 1 rings (SSSR count). The molecule has 0 saturated heterocycles. The van der Waals surface area contributed by atoms with Gasteiger partial charge >= 0.3 is 12.1 Å². The highest BCUT2D eigenvalue weighted by Gasteiger charge is 2.38. The van der Waals surface area contributed by atoms with E-state index < -0.39 is 12.1 Å². The molecule has 0 radical (unpaired) electrons. The number of nitrogens with one attached hydrogen (secondary N) is 1. The number of halogens is 3. The second-order valence-electron chi connectivity index (χ2n) is 2.41. The quantitative estimate of drug-likeness (QED) is 0.722. The number of carbonyl (C=O) groups is 1. The molecule has 0 spiro atoms. The number of pyridine rings is 1. The number of anilines is 2. The molecule has 1 amide bonds. The third-order valence-electron chi connectivity index (χ3n) is 1.36. The van der Waals surface area contributed by atoms with Gasteiger partial charge in [0.1, 0.15) is 0 Å². The lowest BCUT2D eigenvalue weighted by molar-refractivity contribution is -0.167. The molecule has 0 unspecified atom stereocenters. The number of nitrogen functional groups attached to an aromatic ring is 1. The lowest BCUT2D eigenvalue weighted by atomic mass is 10.3. The summed E-state index contributed by atoms with van der Waals surface area (Å²) in [6, 6.07) is 1.18. The number of hydrogen-bond acceptors (Lipinski definition) is 3. The van der Waals surface area contributed by atoms with Gasteiger partial charge in [-0.15, -0.1) is 0 Å². The number of nitrogens with two attached hydrogens (primary N) is 1. The molecule has 14 heavy (non-hydrogen) atoms. The molecule has 76 valence electrons. The molecule has 0 saturated carbocycles. The zero-order valence-corrected chi connectivity index (χ0v) is 6.80. The Morgan fingerprint density at radius 1 is 1.50 bits per heavy atom. The first-order valence-electron chi connectivity index (χ1n) is 3.49. The summed E-state index contributed by atoms with van der Waals surface area (Å²) >= 11 is 0. The van der Waals surface area contributed by atoms with Crippen LogP contribution in [0.2, 0.25) is 0 Å². The van der Waals surface area contributed by atoms with Crippen LogP contribution in [0, 0.1) is 0 Å². The first-order chi connectivity index (χ1) is 6.41. The van der Waals surface area contributed by atoms with Crippen molar-refractivity contribution in [2.24, 2.45) is 0 Å². The van der Waals surface area contributed by atoms with Gasteiger partial charge in [0.25, 0.3) is 0 Å². The summed E-state index contributed by atoms with van der Waals surface area (Å²) in [6.07, 6.45) is -2.55. The Balaban J connectivity index is 2.80. The van der Waals surface area contributed by atoms with Crippen molar-refractivity contribution in [3.05, 3.63) is 18.5 Å². The van der Waals surface area contributed by atoms with E-state index in [4.69, 9.17) is 5.73 Å². The fraction of sp³-hybridized carbons (Fsp3) is 0.143. The third-order valence-corrected chi connectivity index (χ3v) is 1.36. The van der Waals surface area contributed by atoms with E-state index in [-0.39, 0.29) is 11.4 Å². The molecule has 1 aromatic heterocycles. The monoisotopic (exact) mass is 205 g/mol. The van der Waals surface area contributed by atoms with Crippen LogP contribution in [-0.4, -0.2) is 17.1 Å². The first kappa shape index (κ1) is 10.3.